The van der Waals surface area contributed by atoms with E-state index in [2.05, 4.69) is 10.6 Å². The van der Waals surface area contributed by atoms with E-state index in [1.807, 2.05) is 31.2 Å². The summed E-state index contributed by atoms with van der Waals surface area (Å²) in [6.07, 6.45) is 3.23. The fourth-order valence-corrected chi connectivity index (χ4v) is 2.11. The minimum absolute atomic E-state index is 0. The molecule has 0 saturated heterocycles. The molecule has 0 heterocycles. The normalized spacial score (nSPS) is 14.2. The van der Waals surface area contributed by atoms with Gasteiger partial charge in [-0.25, -0.2) is 0 Å². The second-order valence-corrected chi connectivity index (χ2v) is 6.06. The van der Waals surface area contributed by atoms with Gasteiger partial charge in [-0.2, -0.15) is 0 Å². The standard InChI is InChI=1S/C17H25N3O3.ClH/c1-12(18)10-16(21)19-9-8-13-2-6-15(7-3-13)23-11-17(22)20-14-4-5-14;/h2-3,6-7,12,14H,4-5,8-11,18H2,1H3,(H,19,21)(H,20,22);1H. The van der Waals surface area contributed by atoms with Crippen LogP contribution < -0.4 is 21.1 Å². The van der Waals surface area contributed by atoms with E-state index in [4.69, 9.17) is 10.5 Å². The van der Waals surface area contributed by atoms with Crippen LogP contribution in [0.25, 0.3) is 0 Å². The third-order valence-corrected chi connectivity index (χ3v) is 3.48. The van der Waals surface area contributed by atoms with Gasteiger partial charge in [-0.3, -0.25) is 9.59 Å². The molecule has 24 heavy (non-hydrogen) atoms. The maximum atomic E-state index is 11.5. The lowest BCUT2D eigenvalue weighted by Gasteiger charge is -2.09. The van der Waals surface area contributed by atoms with Crippen LogP contribution in [0.3, 0.4) is 0 Å². The molecular formula is C17H26ClN3O3. The predicted octanol–water partition coefficient (Wildman–Crippen LogP) is 1.16. The second-order valence-electron chi connectivity index (χ2n) is 6.06. The van der Waals surface area contributed by atoms with Crippen molar-refractivity contribution in [2.75, 3.05) is 13.2 Å². The van der Waals surface area contributed by atoms with E-state index in [9.17, 15) is 9.59 Å². The molecule has 2 rings (SSSR count). The molecule has 1 fully saturated rings. The molecule has 2 amide bonds. The van der Waals surface area contributed by atoms with Crippen LogP contribution in [0.5, 0.6) is 5.75 Å². The van der Waals surface area contributed by atoms with Crippen LogP contribution in [-0.2, 0) is 16.0 Å². The van der Waals surface area contributed by atoms with E-state index in [0.717, 1.165) is 24.8 Å². The van der Waals surface area contributed by atoms with Gasteiger partial charge in [-0.05, 0) is 43.9 Å². The van der Waals surface area contributed by atoms with Crippen LogP contribution in [0.1, 0.15) is 31.7 Å². The predicted molar refractivity (Wildman–Crippen MR) is 95.3 cm³/mol. The Labute approximate surface area is 148 Å². The van der Waals surface area contributed by atoms with Crippen molar-refractivity contribution in [3.8, 4) is 5.75 Å². The number of nitrogens with two attached hydrogens (primary N) is 1. The Morgan fingerprint density at radius 1 is 1.25 bits per heavy atom. The minimum atomic E-state index is -0.122. The molecule has 0 radical (unpaired) electrons. The Balaban J connectivity index is 0.00000288. The van der Waals surface area contributed by atoms with Crippen molar-refractivity contribution in [2.45, 2.75) is 44.7 Å². The number of hydrogen-bond donors (Lipinski definition) is 3. The van der Waals surface area contributed by atoms with E-state index >= 15 is 0 Å². The van der Waals surface area contributed by atoms with Crippen LogP contribution in [0.15, 0.2) is 24.3 Å². The van der Waals surface area contributed by atoms with Crippen LogP contribution in [0, 0.1) is 0 Å². The number of ether oxygens (including phenoxy) is 1. The molecule has 0 spiro atoms. The van der Waals surface area contributed by atoms with Gasteiger partial charge in [0, 0.05) is 25.0 Å². The number of hydrogen-bond acceptors (Lipinski definition) is 4. The SMILES string of the molecule is CC(N)CC(=O)NCCc1ccc(OCC(=O)NC2CC2)cc1.Cl. The molecule has 1 aromatic carbocycles. The third-order valence-electron chi connectivity index (χ3n) is 3.48. The monoisotopic (exact) mass is 355 g/mol. The van der Waals surface area contributed by atoms with E-state index in [1.165, 1.54) is 0 Å². The number of benzene rings is 1. The molecule has 1 aliphatic rings. The van der Waals surface area contributed by atoms with Crippen LogP contribution in [0.2, 0.25) is 0 Å². The van der Waals surface area contributed by atoms with Crippen molar-refractivity contribution < 1.29 is 14.3 Å². The number of halogens is 1. The molecule has 1 aromatic rings. The third kappa shape index (κ3) is 8.17. The van der Waals surface area contributed by atoms with Crippen molar-refractivity contribution >= 4 is 24.2 Å². The van der Waals surface area contributed by atoms with Crippen molar-refractivity contribution in [2.24, 2.45) is 5.73 Å². The molecule has 6 nitrogen and oxygen atoms in total. The molecule has 134 valence electrons. The fourth-order valence-electron chi connectivity index (χ4n) is 2.11. The summed E-state index contributed by atoms with van der Waals surface area (Å²) in [5.41, 5.74) is 6.67. The van der Waals surface area contributed by atoms with E-state index < -0.39 is 0 Å². The highest BCUT2D eigenvalue weighted by atomic mass is 35.5. The van der Waals surface area contributed by atoms with Gasteiger partial charge < -0.3 is 21.1 Å². The maximum Gasteiger partial charge on any atom is 0.258 e. The van der Waals surface area contributed by atoms with Gasteiger partial charge >= 0.3 is 0 Å². The minimum Gasteiger partial charge on any atom is -0.484 e. The van der Waals surface area contributed by atoms with Gasteiger partial charge in [0.2, 0.25) is 5.91 Å². The molecule has 1 atom stereocenters. The second kappa shape index (κ2) is 10.2. The quantitative estimate of drug-likeness (QED) is 0.619. The lowest BCUT2D eigenvalue weighted by atomic mass is 10.1. The van der Waals surface area contributed by atoms with Gasteiger partial charge in [-0.15, -0.1) is 12.4 Å². The molecule has 7 heteroatoms. The van der Waals surface area contributed by atoms with Gasteiger partial charge in [0.1, 0.15) is 5.75 Å². The Morgan fingerprint density at radius 2 is 1.92 bits per heavy atom. The maximum absolute atomic E-state index is 11.5. The first-order valence-corrected chi connectivity index (χ1v) is 8.06. The summed E-state index contributed by atoms with van der Waals surface area (Å²) in [5.74, 6) is 0.565. The van der Waals surface area contributed by atoms with Gasteiger partial charge in [0.05, 0.1) is 0 Å². The Kier molecular flexibility index (Phi) is 8.57. The van der Waals surface area contributed by atoms with Gasteiger partial charge in [-0.1, -0.05) is 12.1 Å². The fraction of sp³-hybridized carbons (Fsp3) is 0.529. The smallest absolute Gasteiger partial charge is 0.258 e. The summed E-state index contributed by atoms with van der Waals surface area (Å²) in [4.78, 5) is 23.0. The zero-order chi connectivity index (χ0) is 16.7. The molecule has 0 aliphatic heterocycles. The molecule has 4 N–H and O–H groups in total. The molecule has 0 aromatic heterocycles. The Hall–Kier alpha value is -1.79. The molecule has 1 saturated carbocycles. The Morgan fingerprint density at radius 3 is 2.50 bits per heavy atom. The van der Waals surface area contributed by atoms with E-state index in [-0.39, 0.29) is 36.9 Å². The lowest BCUT2D eigenvalue weighted by molar-refractivity contribution is -0.123. The number of amides is 2. The molecule has 1 aliphatic carbocycles. The summed E-state index contributed by atoms with van der Waals surface area (Å²) in [5, 5.41) is 5.71. The van der Waals surface area contributed by atoms with Crippen molar-refractivity contribution in [1.82, 2.24) is 10.6 Å². The molecule has 0 bridgehead atoms. The molecular weight excluding hydrogens is 330 g/mol. The summed E-state index contributed by atoms with van der Waals surface area (Å²) >= 11 is 0. The van der Waals surface area contributed by atoms with Crippen molar-refractivity contribution in [3.05, 3.63) is 29.8 Å². The summed E-state index contributed by atoms with van der Waals surface area (Å²) in [6.45, 7) is 2.43. The Bertz CT molecular complexity index is 530. The zero-order valence-corrected chi connectivity index (χ0v) is 14.7. The lowest BCUT2D eigenvalue weighted by Crippen LogP contribution is -2.31. The summed E-state index contributed by atoms with van der Waals surface area (Å²) in [6, 6.07) is 7.78. The average Bonchev–Trinajstić information content (AvgIpc) is 3.29. The van der Waals surface area contributed by atoms with E-state index in [0.29, 0.717) is 24.8 Å². The van der Waals surface area contributed by atoms with Crippen LogP contribution in [0.4, 0.5) is 0 Å². The topological polar surface area (TPSA) is 93.5 Å². The van der Waals surface area contributed by atoms with Crippen molar-refractivity contribution in [3.63, 3.8) is 0 Å². The first kappa shape index (κ1) is 20.3. The number of nitrogens with one attached hydrogen (secondary N) is 2. The van der Waals surface area contributed by atoms with Gasteiger partial charge in [0.25, 0.3) is 5.91 Å². The average molecular weight is 356 g/mol. The first-order chi connectivity index (χ1) is 11.0. The largest absolute Gasteiger partial charge is 0.484 e. The van der Waals surface area contributed by atoms with Crippen LogP contribution in [-0.4, -0.2) is 37.0 Å². The summed E-state index contributed by atoms with van der Waals surface area (Å²) in [7, 11) is 0. The van der Waals surface area contributed by atoms with E-state index in [1.54, 1.807) is 0 Å². The number of carbonyl (C=O) groups is 2. The molecule has 1 unspecified atom stereocenters. The summed E-state index contributed by atoms with van der Waals surface area (Å²) < 4.78 is 5.44. The zero-order valence-electron chi connectivity index (χ0n) is 13.9. The highest BCUT2D eigenvalue weighted by Gasteiger charge is 2.23. The highest BCUT2D eigenvalue weighted by Crippen LogP contribution is 2.18. The first-order valence-electron chi connectivity index (χ1n) is 8.06. The van der Waals surface area contributed by atoms with Crippen LogP contribution >= 0.6 is 12.4 Å². The highest BCUT2D eigenvalue weighted by molar-refractivity contribution is 5.85. The van der Waals surface area contributed by atoms with Gasteiger partial charge in [0.15, 0.2) is 6.61 Å². The number of rotatable bonds is 9. The number of carbonyl (C=O) groups excluding carboxylic acids is 2. The van der Waals surface area contributed by atoms with Crippen molar-refractivity contribution in [1.29, 1.82) is 0 Å².